The summed E-state index contributed by atoms with van der Waals surface area (Å²) in [6.45, 7) is 6.01. The largest absolute Gasteiger partial charge is 0.514 e. The van der Waals surface area contributed by atoms with Crippen molar-refractivity contribution in [1.82, 2.24) is 9.97 Å². The van der Waals surface area contributed by atoms with E-state index in [2.05, 4.69) is 9.97 Å². The van der Waals surface area contributed by atoms with Crippen molar-refractivity contribution in [3.63, 3.8) is 0 Å². The molecule has 0 fully saturated rings. The number of benzene rings is 1. The molecule has 0 saturated carbocycles. The summed E-state index contributed by atoms with van der Waals surface area (Å²) in [5, 5.41) is 0.613. The second kappa shape index (κ2) is 10.1. The van der Waals surface area contributed by atoms with Crippen LogP contribution < -0.4 is 9.47 Å². The molecule has 1 unspecified atom stereocenters. The first kappa shape index (κ1) is 20.9. The van der Waals surface area contributed by atoms with Gasteiger partial charge in [0.25, 0.3) is 5.88 Å². The molecule has 0 amide bonds. The third kappa shape index (κ3) is 6.08. The molecule has 2 rings (SSSR count). The number of hydrogen-bond donors (Lipinski definition) is 0. The SMILES string of the molecule is CCOC(=O)Oc1c(C)nc(-c2ccc(Cl)cc2)nc1OC(C)CCOC. The van der Waals surface area contributed by atoms with Gasteiger partial charge in [-0.25, -0.2) is 9.78 Å². The molecule has 146 valence electrons. The number of carbonyl (C=O) groups is 1. The van der Waals surface area contributed by atoms with Crippen LogP contribution in [0, 0.1) is 6.92 Å². The Kier molecular flexibility index (Phi) is 7.82. The lowest BCUT2D eigenvalue weighted by Gasteiger charge is -2.17. The summed E-state index contributed by atoms with van der Waals surface area (Å²) in [6, 6.07) is 7.11. The molecule has 1 aromatic heterocycles. The first-order chi connectivity index (χ1) is 12.9. The summed E-state index contributed by atoms with van der Waals surface area (Å²) < 4.78 is 21.1. The van der Waals surface area contributed by atoms with E-state index < -0.39 is 6.16 Å². The molecule has 0 saturated heterocycles. The van der Waals surface area contributed by atoms with E-state index in [9.17, 15) is 4.79 Å². The number of rotatable bonds is 8. The van der Waals surface area contributed by atoms with E-state index in [-0.39, 0.29) is 24.3 Å². The molecule has 7 nitrogen and oxygen atoms in total. The van der Waals surface area contributed by atoms with Gasteiger partial charge in [-0.05, 0) is 45.0 Å². The van der Waals surface area contributed by atoms with E-state index in [1.165, 1.54) is 0 Å². The minimum absolute atomic E-state index is 0.135. The van der Waals surface area contributed by atoms with Gasteiger partial charge in [0.2, 0.25) is 5.75 Å². The van der Waals surface area contributed by atoms with Crippen LogP contribution in [0.4, 0.5) is 4.79 Å². The quantitative estimate of drug-likeness (QED) is 0.612. The molecule has 0 N–H and O–H groups in total. The molecule has 0 aliphatic carbocycles. The Morgan fingerprint density at radius 2 is 1.93 bits per heavy atom. The number of carbonyl (C=O) groups excluding carboxylic acids is 1. The Hall–Kier alpha value is -2.38. The van der Waals surface area contributed by atoms with Crippen molar-refractivity contribution < 1.29 is 23.7 Å². The second-order valence-electron chi connectivity index (χ2n) is 5.77. The minimum Gasteiger partial charge on any atom is -0.472 e. The average molecular weight is 395 g/mol. The van der Waals surface area contributed by atoms with Crippen molar-refractivity contribution in [2.45, 2.75) is 33.3 Å². The molecule has 0 radical (unpaired) electrons. The van der Waals surface area contributed by atoms with Gasteiger partial charge in [-0.15, -0.1) is 0 Å². The normalized spacial score (nSPS) is 11.7. The van der Waals surface area contributed by atoms with Crippen molar-refractivity contribution in [2.75, 3.05) is 20.3 Å². The van der Waals surface area contributed by atoms with Crippen molar-refractivity contribution in [1.29, 1.82) is 0 Å². The minimum atomic E-state index is -0.835. The molecular formula is C19H23ClN2O5. The highest BCUT2D eigenvalue weighted by Crippen LogP contribution is 2.32. The average Bonchev–Trinajstić information content (AvgIpc) is 2.63. The van der Waals surface area contributed by atoms with Crippen LogP contribution in [-0.2, 0) is 9.47 Å². The van der Waals surface area contributed by atoms with Crippen molar-refractivity contribution in [3.8, 4) is 23.0 Å². The number of halogens is 1. The molecule has 1 aromatic carbocycles. The van der Waals surface area contributed by atoms with Gasteiger partial charge in [0.1, 0.15) is 0 Å². The monoisotopic (exact) mass is 394 g/mol. The Balaban J connectivity index is 2.39. The van der Waals surface area contributed by atoms with E-state index in [0.717, 1.165) is 5.56 Å². The lowest BCUT2D eigenvalue weighted by atomic mass is 10.2. The van der Waals surface area contributed by atoms with E-state index in [1.54, 1.807) is 45.2 Å². The lowest BCUT2D eigenvalue weighted by molar-refractivity contribution is 0.0973. The summed E-state index contributed by atoms with van der Waals surface area (Å²) in [4.78, 5) is 20.6. The zero-order valence-electron chi connectivity index (χ0n) is 15.8. The van der Waals surface area contributed by atoms with E-state index in [1.807, 2.05) is 6.92 Å². The fraction of sp³-hybridized carbons (Fsp3) is 0.421. The number of aromatic nitrogens is 2. The summed E-state index contributed by atoms with van der Waals surface area (Å²) in [5.41, 5.74) is 1.22. The number of nitrogens with zero attached hydrogens (tertiary/aromatic N) is 2. The van der Waals surface area contributed by atoms with Crippen molar-refractivity contribution in [2.24, 2.45) is 0 Å². The van der Waals surface area contributed by atoms with Crippen LogP contribution in [0.1, 0.15) is 26.0 Å². The standard InChI is InChI=1S/C19H23ClN2O5/c1-5-25-19(23)27-16-13(3)21-17(14-6-8-15(20)9-7-14)22-18(16)26-12(2)10-11-24-4/h6-9,12H,5,10-11H2,1-4H3. The molecule has 2 aromatic rings. The molecule has 0 bridgehead atoms. The van der Waals surface area contributed by atoms with Crippen LogP contribution >= 0.6 is 11.6 Å². The smallest absolute Gasteiger partial charge is 0.472 e. The van der Waals surface area contributed by atoms with E-state index >= 15 is 0 Å². The summed E-state index contributed by atoms with van der Waals surface area (Å²) in [6.07, 6.45) is -0.394. The fourth-order valence-electron chi connectivity index (χ4n) is 2.23. The Morgan fingerprint density at radius 3 is 2.56 bits per heavy atom. The van der Waals surface area contributed by atoms with Crippen LogP contribution in [0.25, 0.3) is 11.4 Å². The van der Waals surface area contributed by atoms with E-state index in [0.29, 0.717) is 29.6 Å². The van der Waals surface area contributed by atoms with Gasteiger partial charge in [0, 0.05) is 30.7 Å². The summed E-state index contributed by atoms with van der Waals surface area (Å²) in [5.74, 6) is 0.744. The topological polar surface area (TPSA) is 79.8 Å². The molecule has 0 aliphatic rings. The van der Waals surface area contributed by atoms with Gasteiger partial charge in [-0.3, -0.25) is 0 Å². The Bertz CT molecular complexity index is 767. The molecular weight excluding hydrogens is 372 g/mol. The Labute approximate surface area is 163 Å². The van der Waals surface area contributed by atoms with Crippen molar-refractivity contribution in [3.05, 3.63) is 35.0 Å². The molecule has 0 spiro atoms. The maximum absolute atomic E-state index is 11.8. The van der Waals surface area contributed by atoms with Gasteiger partial charge < -0.3 is 18.9 Å². The Morgan fingerprint density at radius 1 is 1.22 bits per heavy atom. The van der Waals surface area contributed by atoms with Gasteiger partial charge in [-0.1, -0.05) is 11.6 Å². The van der Waals surface area contributed by atoms with Crippen molar-refractivity contribution >= 4 is 17.8 Å². The highest BCUT2D eigenvalue weighted by atomic mass is 35.5. The number of hydrogen-bond acceptors (Lipinski definition) is 7. The molecule has 27 heavy (non-hydrogen) atoms. The highest BCUT2D eigenvalue weighted by Gasteiger charge is 2.21. The maximum atomic E-state index is 11.8. The van der Waals surface area contributed by atoms with Crippen LogP contribution in [0.15, 0.2) is 24.3 Å². The van der Waals surface area contributed by atoms with Gasteiger partial charge in [-0.2, -0.15) is 4.98 Å². The van der Waals surface area contributed by atoms with Crippen LogP contribution in [-0.4, -0.2) is 42.6 Å². The van der Waals surface area contributed by atoms with Crippen LogP contribution in [0.3, 0.4) is 0 Å². The zero-order chi connectivity index (χ0) is 19.8. The van der Waals surface area contributed by atoms with E-state index in [4.69, 9.17) is 30.5 Å². The van der Waals surface area contributed by atoms with Gasteiger partial charge in [0.15, 0.2) is 5.82 Å². The highest BCUT2D eigenvalue weighted by molar-refractivity contribution is 6.30. The molecule has 1 heterocycles. The number of methoxy groups -OCH3 is 1. The zero-order valence-corrected chi connectivity index (χ0v) is 16.6. The maximum Gasteiger partial charge on any atom is 0.514 e. The fourth-order valence-corrected chi connectivity index (χ4v) is 2.35. The second-order valence-corrected chi connectivity index (χ2v) is 6.21. The molecule has 0 aliphatic heterocycles. The van der Waals surface area contributed by atoms with Crippen LogP contribution in [0.5, 0.6) is 11.6 Å². The number of aryl methyl sites for hydroxylation is 1. The predicted molar refractivity (Wildman–Crippen MR) is 101 cm³/mol. The van der Waals surface area contributed by atoms with Gasteiger partial charge >= 0.3 is 6.16 Å². The summed E-state index contributed by atoms with van der Waals surface area (Å²) in [7, 11) is 1.62. The third-order valence-corrected chi connectivity index (χ3v) is 3.85. The van der Waals surface area contributed by atoms with Crippen LogP contribution in [0.2, 0.25) is 5.02 Å². The summed E-state index contributed by atoms with van der Waals surface area (Å²) >= 11 is 5.94. The first-order valence-corrected chi connectivity index (χ1v) is 8.97. The predicted octanol–water partition coefficient (Wildman–Crippen LogP) is 4.44. The number of ether oxygens (including phenoxy) is 4. The molecule has 1 atom stereocenters. The van der Waals surface area contributed by atoms with Gasteiger partial charge in [0.05, 0.1) is 18.4 Å². The lowest BCUT2D eigenvalue weighted by Crippen LogP contribution is -2.18. The molecule has 8 heteroatoms. The third-order valence-electron chi connectivity index (χ3n) is 3.60. The first-order valence-electron chi connectivity index (χ1n) is 8.59.